The minimum absolute atomic E-state index is 0.316. The van der Waals surface area contributed by atoms with E-state index in [4.69, 9.17) is 14.1 Å². The minimum atomic E-state index is 0.316. The van der Waals surface area contributed by atoms with E-state index >= 15 is 0 Å². The first-order valence-corrected chi connectivity index (χ1v) is 11.5. The molecule has 6 nitrogen and oxygen atoms in total. The van der Waals surface area contributed by atoms with E-state index in [1.807, 2.05) is 23.9 Å². The number of piperidine rings is 1. The molecule has 1 saturated heterocycles. The third kappa shape index (κ3) is 9.53. The molecule has 0 amide bonds. The lowest BCUT2D eigenvalue weighted by Crippen LogP contribution is -2.49. The fourth-order valence-electron chi connectivity index (χ4n) is 3.07. The molecule has 7 heteroatoms. The third-order valence-electron chi connectivity index (χ3n) is 4.60. The molecular formula is C20H36N4O2S. The van der Waals surface area contributed by atoms with Gasteiger partial charge in [-0.25, -0.2) is 0 Å². The smallest absolute Gasteiger partial charge is 0.191 e. The molecule has 0 aliphatic carbocycles. The van der Waals surface area contributed by atoms with Crippen molar-refractivity contribution in [3.05, 3.63) is 24.2 Å². The second-order valence-electron chi connectivity index (χ2n) is 7.16. The number of hydrogen-bond donors (Lipinski definition) is 2. The Labute approximate surface area is 168 Å². The molecule has 0 radical (unpaired) electrons. The first-order valence-electron chi connectivity index (χ1n) is 10.1. The van der Waals surface area contributed by atoms with Gasteiger partial charge in [0.15, 0.2) is 5.96 Å². The van der Waals surface area contributed by atoms with Crippen molar-refractivity contribution in [2.75, 3.05) is 51.3 Å². The summed E-state index contributed by atoms with van der Waals surface area (Å²) in [5.41, 5.74) is 0. The van der Waals surface area contributed by atoms with Gasteiger partial charge in [0.1, 0.15) is 5.76 Å². The Balaban J connectivity index is 1.71. The molecule has 1 fully saturated rings. The fourth-order valence-corrected chi connectivity index (χ4v) is 3.35. The van der Waals surface area contributed by atoms with Crippen LogP contribution in [0.2, 0.25) is 0 Å². The maximum atomic E-state index is 5.67. The monoisotopic (exact) mass is 396 g/mol. The van der Waals surface area contributed by atoms with E-state index in [9.17, 15) is 0 Å². The van der Waals surface area contributed by atoms with Crippen LogP contribution in [0.4, 0.5) is 0 Å². The molecule has 0 aromatic carbocycles. The molecule has 2 heterocycles. The first-order chi connectivity index (χ1) is 13.2. The molecule has 0 bridgehead atoms. The van der Waals surface area contributed by atoms with Crippen molar-refractivity contribution in [2.45, 2.75) is 45.3 Å². The molecule has 1 aliphatic heterocycles. The van der Waals surface area contributed by atoms with Crippen LogP contribution in [-0.4, -0.2) is 74.3 Å². The zero-order chi connectivity index (χ0) is 19.3. The number of furan rings is 1. The van der Waals surface area contributed by atoms with Crippen LogP contribution in [-0.2, 0) is 11.2 Å². The quantitative estimate of drug-likeness (QED) is 0.341. The maximum absolute atomic E-state index is 5.67. The first kappa shape index (κ1) is 22.1. The second-order valence-corrected chi connectivity index (χ2v) is 8.14. The molecule has 0 unspecified atom stereocenters. The highest BCUT2D eigenvalue weighted by Gasteiger charge is 2.19. The lowest BCUT2D eigenvalue weighted by Gasteiger charge is -2.33. The topological polar surface area (TPSA) is 62.0 Å². The number of rotatable bonds is 11. The van der Waals surface area contributed by atoms with E-state index < -0.39 is 0 Å². The summed E-state index contributed by atoms with van der Waals surface area (Å²) in [5.74, 6) is 2.97. The van der Waals surface area contributed by atoms with Crippen LogP contribution in [0.3, 0.4) is 0 Å². The molecule has 27 heavy (non-hydrogen) atoms. The fraction of sp³-hybridized carbons (Fsp3) is 0.750. The number of nitrogens with one attached hydrogen (secondary N) is 2. The normalized spacial score (nSPS) is 16.8. The van der Waals surface area contributed by atoms with Crippen molar-refractivity contribution in [2.24, 2.45) is 4.99 Å². The van der Waals surface area contributed by atoms with Crippen LogP contribution in [0.25, 0.3) is 0 Å². The van der Waals surface area contributed by atoms with Crippen LogP contribution in [0.5, 0.6) is 0 Å². The molecule has 1 aliphatic rings. The summed E-state index contributed by atoms with van der Waals surface area (Å²) >= 11 is 1.83. The molecular weight excluding hydrogens is 360 g/mol. The Morgan fingerprint density at radius 3 is 2.89 bits per heavy atom. The summed E-state index contributed by atoms with van der Waals surface area (Å²) in [6.45, 7) is 9.92. The van der Waals surface area contributed by atoms with Crippen molar-refractivity contribution in [3.8, 4) is 0 Å². The summed E-state index contributed by atoms with van der Waals surface area (Å²) in [4.78, 5) is 7.22. The minimum Gasteiger partial charge on any atom is -0.469 e. The Morgan fingerprint density at radius 2 is 2.22 bits per heavy atom. The van der Waals surface area contributed by atoms with Gasteiger partial charge in [-0.05, 0) is 45.1 Å². The van der Waals surface area contributed by atoms with E-state index in [2.05, 4.69) is 35.6 Å². The largest absolute Gasteiger partial charge is 0.469 e. The predicted octanol–water partition coefficient (Wildman–Crippen LogP) is 2.61. The highest BCUT2D eigenvalue weighted by molar-refractivity contribution is 7.98. The molecule has 2 rings (SSSR count). The van der Waals surface area contributed by atoms with Gasteiger partial charge in [0.2, 0.25) is 0 Å². The van der Waals surface area contributed by atoms with E-state index in [-0.39, 0.29) is 0 Å². The average Bonchev–Trinajstić information content (AvgIpc) is 3.16. The number of thioether (sulfide) groups is 1. The highest BCUT2D eigenvalue weighted by atomic mass is 32.2. The molecule has 1 aromatic rings. The average molecular weight is 397 g/mol. The number of likely N-dealkylation sites (tertiary alicyclic amines) is 1. The summed E-state index contributed by atoms with van der Waals surface area (Å²) in [5, 5.41) is 7.09. The summed E-state index contributed by atoms with van der Waals surface area (Å²) in [6.07, 6.45) is 7.31. The standard InChI is InChI=1S/C20H36N4O2S/c1-17(2)25-15-13-24-11-7-18(8-12-24)23-20(22-10-16-27-3)21-9-6-19-5-4-14-26-19/h4-5,14,17-18H,6-13,15-16H2,1-3H3,(H2,21,22,23). The number of hydrogen-bond acceptors (Lipinski definition) is 5. The van der Waals surface area contributed by atoms with Crippen molar-refractivity contribution in [3.63, 3.8) is 0 Å². The highest BCUT2D eigenvalue weighted by Crippen LogP contribution is 2.10. The van der Waals surface area contributed by atoms with Gasteiger partial charge in [-0.2, -0.15) is 11.8 Å². The Hall–Kier alpha value is -1.18. The van der Waals surface area contributed by atoms with Crippen molar-refractivity contribution in [1.82, 2.24) is 15.5 Å². The lowest BCUT2D eigenvalue weighted by atomic mass is 10.1. The van der Waals surface area contributed by atoms with Gasteiger partial charge in [-0.15, -0.1) is 0 Å². The molecule has 2 N–H and O–H groups in total. The molecule has 1 aromatic heterocycles. The predicted molar refractivity (Wildman–Crippen MR) is 115 cm³/mol. The number of ether oxygens (including phenoxy) is 1. The molecule has 0 saturated carbocycles. The van der Waals surface area contributed by atoms with Gasteiger partial charge >= 0.3 is 0 Å². The lowest BCUT2D eigenvalue weighted by molar-refractivity contribution is 0.0532. The van der Waals surface area contributed by atoms with Crippen LogP contribution >= 0.6 is 11.8 Å². The maximum Gasteiger partial charge on any atom is 0.191 e. The van der Waals surface area contributed by atoms with E-state index in [1.54, 1.807) is 6.26 Å². The van der Waals surface area contributed by atoms with Crippen molar-refractivity contribution in [1.29, 1.82) is 0 Å². The van der Waals surface area contributed by atoms with Crippen LogP contribution < -0.4 is 10.6 Å². The van der Waals surface area contributed by atoms with Crippen molar-refractivity contribution >= 4 is 17.7 Å². The second kappa shape index (κ2) is 13.1. The third-order valence-corrected chi connectivity index (χ3v) is 5.19. The Bertz CT molecular complexity index is 514. The number of aliphatic imine (C=N–C) groups is 1. The molecule has 0 atom stereocenters. The van der Waals surface area contributed by atoms with Crippen LogP contribution in [0.15, 0.2) is 27.8 Å². The van der Waals surface area contributed by atoms with Gasteiger partial charge in [0.05, 0.1) is 25.5 Å². The van der Waals surface area contributed by atoms with E-state index in [0.717, 1.165) is 76.1 Å². The summed E-state index contributed by atoms with van der Waals surface area (Å²) in [6, 6.07) is 4.43. The number of nitrogens with zero attached hydrogens (tertiary/aromatic N) is 2. The Morgan fingerprint density at radius 1 is 1.41 bits per heavy atom. The number of guanidine groups is 1. The molecule has 154 valence electrons. The van der Waals surface area contributed by atoms with Crippen LogP contribution in [0, 0.1) is 0 Å². The Kier molecular flexibility index (Phi) is 10.7. The summed E-state index contributed by atoms with van der Waals surface area (Å²) in [7, 11) is 0. The van der Waals surface area contributed by atoms with Gasteiger partial charge in [-0.3, -0.25) is 4.99 Å². The van der Waals surface area contributed by atoms with Gasteiger partial charge < -0.3 is 24.7 Å². The SMILES string of the molecule is CSCCN=C(NCCc1ccco1)NC1CCN(CCOC(C)C)CC1. The zero-order valence-electron chi connectivity index (χ0n) is 17.1. The van der Waals surface area contributed by atoms with Gasteiger partial charge in [-0.1, -0.05) is 0 Å². The molecule has 0 spiro atoms. The van der Waals surface area contributed by atoms with Gasteiger partial charge in [0.25, 0.3) is 0 Å². The van der Waals surface area contributed by atoms with Gasteiger partial charge in [0, 0.05) is 44.4 Å². The van der Waals surface area contributed by atoms with E-state index in [1.165, 1.54) is 0 Å². The summed E-state index contributed by atoms with van der Waals surface area (Å²) < 4.78 is 11.1. The zero-order valence-corrected chi connectivity index (χ0v) is 17.9. The van der Waals surface area contributed by atoms with Crippen molar-refractivity contribution < 1.29 is 9.15 Å². The van der Waals surface area contributed by atoms with Crippen LogP contribution in [0.1, 0.15) is 32.4 Å². The van der Waals surface area contributed by atoms with E-state index in [0.29, 0.717) is 12.1 Å².